The smallest absolute Gasteiger partial charge is 0.273 e. The molecule has 2 bridgehead atoms. The van der Waals surface area contributed by atoms with Crippen LogP contribution in [0.25, 0.3) is 11.0 Å². The lowest BCUT2D eigenvalue weighted by Gasteiger charge is -2.36. The van der Waals surface area contributed by atoms with E-state index >= 15 is 0 Å². The summed E-state index contributed by atoms with van der Waals surface area (Å²) in [6.45, 7) is 0.0971. The zero-order valence-corrected chi connectivity index (χ0v) is 15.0. The molecule has 2 saturated heterocycles. The number of H-pyrrole nitrogens is 1. The van der Waals surface area contributed by atoms with Crippen LogP contribution < -0.4 is 0 Å². The number of carbonyl (C=O) groups excluding carboxylic acids is 1. The molecule has 2 fully saturated rings. The number of benzene rings is 1. The third-order valence-electron chi connectivity index (χ3n) is 6.32. The zero-order chi connectivity index (χ0) is 18.4. The van der Waals surface area contributed by atoms with Gasteiger partial charge in [0.25, 0.3) is 5.91 Å². The summed E-state index contributed by atoms with van der Waals surface area (Å²) in [7, 11) is 0. The molecule has 138 valence electrons. The Hall–Kier alpha value is -2.73. The predicted octanol–water partition coefficient (Wildman–Crippen LogP) is 2.56. The van der Waals surface area contributed by atoms with E-state index in [2.05, 4.69) is 27.3 Å². The van der Waals surface area contributed by atoms with Crippen LogP contribution in [0, 0.1) is 5.41 Å². The highest BCUT2D eigenvalue weighted by Crippen LogP contribution is 2.51. The molecule has 2 aromatic heterocycles. The summed E-state index contributed by atoms with van der Waals surface area (Å²) in [5.74, 6) is -0.0395. The third-order valence-corrected chi connectivity index (χ3v) is 6.32. The monoisotopic (exact) mass is 362 g/mol. The SMILES string of the molecule is O=C(c1ccc2cn[nH]c2n1)N1[C@@H]2CC[C@H]1[C@](CO)(Cc1ccccc1)C2. The van der Waals surface area contributed by atoms with Crippen molar-refractivity contribution < 1.29 is 9.90 Å². The van der Waals surface area contributed by atoms with Crippen LogP contribution in [0.3, 0.4) is 0 Å². The van der Waals surface area contributed by atoms with Crippen molar-refractivity contribution in [2.24, 2.45) is 5.41 Å². The number of amides is 1. The van der Waals surface area contributed by atoms with E-state index in [1.54, 1.807) is 12.3 Å². The Morgan fingerprint density at radius 1 is 1.22 bits per heavy atom. The van der Waals surface area contributed by atoms with E-state index in [0.717, 1.165) is 31.1 Å². The molecule has 1 amide bonds. The summed E-state index contributed by atoms with van der Waals surface area (Å²) in [6.07, 6.45) is 5.28. The highest BCUT2D eigenvalue weighted by atomic mass is 16.3. The Kier molecular flexibility index (Phi) is 3.75. The van der Waals surface area contributed by atoms with Crippen LogP contribution in [-0.4, -0.2) is 49.8 Å². The Labute approximate surface area is 157 Å². The Morgan fingerprint density at radius 2 is 2.07 bits per heavy atom. The van der Waals surface area contributed by atoms with Crippen LogP contribution in [0.2, 0.25) is 0 Å². The molecule has 0 radical (unpaired) electrons. The van der Waals surface area contributed by atoms with Gasteiger partial charge in [0.05, 0.1) is 12.8 Å². The molecule has 2 N–H and O–H groups in total. The molecule has 27 heavy (non-hydrogen) atoms. The largest absolute Gasteiger partial charge is 0.396 e. The number of hydrogen-bond acceptors (Lipinski definition) is 4. The van der Waals surface area contributed by atoms with Gasteiger partial charge in [-0.1, -0.05) is 30.3 Å². The molecule has 0 aliphatic carbocycles. The second kappa shape index (κ2) is 6.16. The molecular weight excluding hydrogens is 340 g/mol. The molecule has 2 aliphatic heterocycles. The number of nitrogens with zero attached hydrogens (tertiary/aromatic N) is 3. The van der Waals surface area contributed by atoms with Crippen molar-refractivity contribution in [1.82, 2.24) is 20.1 Å². The minimum Gasteiger partial charge on any atom is -0.396 e. The topological polar surface area (TPSA) is 82.1 Å². The van der Waals surface area contributed by atoms with Gasteiger partial charge < -0.3 is 10.0 Å². The maximum Gasteiger partial charge on any atom is 0.273 e. The fourth-order valence-electron chi connectivity index (χ4n) is 5.09. The van der Waals surface area contributed by atoms with Gasteiger partial charge in [0.2, 0.25) is 0 Å². The fraction of sp³-hybridized carbons (Fsp3) is 0.381. The molecule has 0 unspecified atom stereocenters. The number of aromatic nitrogens is 3. The van der Waals surface area contributed by atoms with Crippen molar-refractivity contribution >= 4 is 16.9 Å². The minimum atomic E-state index is -0.266. The molecule has 3 atom stereocenters. The van der Waals surface area contributed by atoms with Crippen molar-refractivity contribution in [3.8, 4) is 0 Å². The number of fused-ring (bicyclic) bond motifs is 3. The van der Waals surface area contributed by atoms with Crippen LogP contribution >= 0.6 is 0 Å². The van der Waals surface area contributed by atoms with Gasteiger partial charge in [-0.3, -0.25) is 9.89 Å². The minimum absolute atomic E-state index is 0.0395. The van der Waals surface area contributed by atoms with E-state index in [1.807, 2.05) is 29.2 Å². The van der Waals surface area contributed by atoms with Gasteiger partial charge in [0, 0.05) is 22.9 Å². The predicted molar refractivity (Wildman–Crippen MR) is 101 cm³/mol. The number of hydrogen-bond donors (Lipinski definition) is 2. The molecule has 1 aromatic carbocycles. The van der Waals surface area contributed by atoms with Crippen LogP contribution in [0.5, 0.6) is 0 Å². The van der Waals surface area contributed by atoms with Gasteiger partial charge in [-0.15, -0.1) is 0 Å². The molecule has 0 spiro atoms. The molecule has 2 aliphatic rings. The van der Waals surface area contributed by atoms with Crippen molar-refractivity contribution in [3.63, 3.8) is 0 Å². The number of nitrogens with one attached hydrogen (secondary N) is 1. The van der Waals surface area contributed by atoms with Crippen LogP contribution in [0.4, 0.5) is 0 Å². The molecule has 0 saturated carbocycles. The molecule has 5 rings (SSSR count). The van der Waals surface area contributed by atoms with Gasteiger partial charge >= 0.3 is 0 Å². The van der Waals surface area contributed by atoms with E-state index in [4.69, 9.17) is 0 Å². The number of aliphatic hydroxyl groups excluding tert-OH is 1. The van der Waals surface area contributed by atoms with Crippen molar-refractivity contribution in [2.75, 3.05) is 6.61 Å². The number of pyridine rings is 1. The van der Waals surface area contributed by atoms with Crippen molar-refractivity contribution in [2.45, 2.75) is 37.8 Å². The van der Waals surface area contributed by atoms with Gasteiger partial charge in [0.1, 0.15) is 5.69 Å². The summed E-state index contributed by atoms with van der Waals surface area (Å²) in [5.41, 5.74) is 2.02. The maximum absolute atomic E-state index is 13.3. The summed E-state index contributed by atoms with van der Waals surface area (Å²) in [5, 5.41) is 18.0. The Bertz CT molecular complexity index is 986. The summed E-state index contributed by atoms with van der Waals surface area (Å²) >= 11 is 0. The zero-order valence-electron chi connectivity index (χ0n) is 15.0. The maximum atomic E-state index is 13.3. The third kappa shape index (κ3) is 2.55. The highest BCUT2D eigenvalue weighted by Gasteiger charge is 2.57. The molecular formula is C21H22N4O2. The first-order valence-corrected chi connectivity index (χ1v) is 9.48. The van der Waals surface area contributed by atoms with E-state index in [-0.39, 0.29) is 30.0 Å². The number of aliphatic hydroxyl groups is 1. The Morgan fingerprint density at radius 3 is 2.89 bits per heavy atom. The lowest BCUT2D eigenvalue weighted by Crippen LogP contribution is -2.44. The average Bonchev–Trinajstić information content (AvgIpc) is 3.41. The van der Waals surface area contributed by atoms with Crippen molar-refractivity contribution in [1.29, 1.82) is 0 Å². The highest BCUT2D eigenvalue weighted by molar-refractivity contribution is 5.95. The van der Waals surface area contributed by atoms with E-state index in [0.29, 0.717) is 11.3 Å². The molecule has 6 nitrogen and oxygen atoms in total. The molecule has 6 heteroatoms. The van der Waals surface area contributed by atoms with Gasteiger partial charge in [-0.2, -0.15) is 5.10 Å². The first kappa shape index (κ1) is 16.4. The average molecular weight is 362 g/mol. The number of rotatable bonds is 4. The lowest BCUT2D eigenvalue weighted by molar-refractivity contribution is 0.0567. The lowest BCUT2D eigenvalue weighted by atomic mass is 9.70. The second-order valence-corrected chi connectivity index (χ2v) is 7.85. The quantitative estimate of drug-likeness (QED) is 0.747. The van der Waals surface area contributed by atoms with Crippen LogP contribution in [-0.2, 0) is 6.42 Å². The van der Waals surface area contributed by atoms with Crippen molar-refractivity contribution in [3.05, 3.63) is 59.9 Å². The van der Waals surface area contributed by atoms with Crippen LogP contribution in [0.1, 0.15) is 35.3 Å². The fourth-order valence-corrected chi connectivity index (χ4v) is 5.09. The first-order valence-electron chi connectivity index (χ1n) is 9.48. The standard InChI is InChI=1S/C21H22N4O2/c26-13-21(10-14-4-2-1-3-5-14)11-16-7-9-18(21)25(16)20(27)17-8-6-15-12-22-24-19(15)23-17/h1-6,8,12,16,18,26H,7,9-11,13H2,(H,22,23,24)/t16-,18+,21-/m1/s1. The van der Waals surface area contributed by atoms with Gasteiger partial charge in [-0.05, 0) is 43.4 Å². The Balaban J connectivity index is 1.46. The van der Waals surface area contributed by atoms with E-state index < -0.39 is 0 Å². The molecule has 3 aromatic rings. The van der Waals surface area contributed by atoms with Gasteiger partial charge in [-0.25, -0.2) is 4.98 Å². The van der Waals surface area contributed by atoms with E-state index in [1.165, 1.54) is 5.56 Å². The first-order chi connectivity index (χ1) is 13.2. The number of aromatic amines is 1. The van der Waals surface area contributed by atoms with Crippen LogP contribution in [0.15, 0.2) is 48.7 Å². The summed E-state index contributed by atoms with van der Waals surface area (Å²) in [6, 6.07) is 14.1. The van der Waals surface area contributed by atoms with Gasteiger partial charge in [0.15, 0.2) is 5.65 Å². The summed E-state index contributed by atoms with van der Waals surface area (Å²) in [4.78, 5) is 19.7. The number of carbonyl (C=O) groups is 1. The molecule has 4 heterocycles. The second-order valence-electron chi connectivity index (χ2n) is 7.85. The summed E-state index contributed by atoms with van der Waals surface area (Å²) < 4.78 is 0. The normalized spacial score (nSPS) is 26.8. The van der Waals surface area contributed by atoms with E-state index in [9.17, 15) is 9.90 Å².